The molecule has 0 radical (unpaired) electrons. The van der Waals surface area contributed by atoms with Gasteiger partial charge in [-0.2, -0.15) is 0 Å². The number of hydrogen-bond donors (Lipinski definition) is 0. The molecule has 0 aromatic heterocycles. The van der Waals surface area contributed by atoms with E-state index in [9.17, 15) is 0 Å². The van der Waals surface area contributed by atoms with Crippen LogP contribution in [0.1, 0.15) is 46.0 Å². The molecule has 0 bridgehead atoms. The van der Waals surface area contributed by atoms with Crippen molar-refractivity contribution in [3.8, 4) is 0 Å². The Balaban J connectivity index is 1.84. The van der Waals surface area contributed by atoms with Crippen molar-refractivity contribution in [3.05, 3.63) is 23.8 Å². The molecule has 0 aromatic rings. The molecule has 6 nitrogen and oxygen atoms in total. The first-order chi connectivity index (χ1) is 21.1. The summed E-state index contributed by atoms with van der Waals surface area (Å²) in [6.45, 7) is 40.4. The summed E-state index contributed by atoms with van der Waals surface area (Å²) < 4.78 is 35.1. The average molecular weight is 738 g/mol. The fourth-order valence-corrected chi connectivity index (χ4v) is 14.3. The van der Waals surface area contributed by atoms with E-state index in [2.05, 4.69) is 135 Å². The van der Waals surface area contributed by atoms with Crippen LogP contribution in [0.2, 0.25) is 98.2 Å². The lowest BCUT2D eigenvalue weighted by Crippen LogP contribution is -2.67. The van der Waals surface area contributed by atoms with Crippen LogP contribution in [0.4, 0.5) is 0 Å². The fourth-order valence-electron chi connectivity index (χ4n) is 9.46. The SMILES string of the molecule is CC12C=C/C(=N\O[Si](C)(C)C)C=C1CCC1C2C(O[Si](C)(C)C)CC2(C)C1CC[C@]2(O[Si](C)(C)C)C(CO[Si](C)(C)C)O[Si](C)(C)C. The molecule has 47 heavy (non-hydrogen) atoms. The topological polar surface area (TPSA) is 58.5 Å². The molecule has 0 saturated heterocycles. The molecule has 270 valence electrons. The minimum Gasteiger partial charge on any atom is -0.455 e. The molecule has 0 aliphatic heterocycles. The van der Waals surface area contributed by atoms with E-state index in [0.29, 0.717) is 24.4 Å². The van der Waals surface area contributed by atoms with Gasteiger partial charge in [0.25, 0.3) is 8.32 Å². The first kappa shape index (κ1) is 39.7. The maximum Gasteiger partial charge on any atom is 0.278 e. The third kappa shape index (κ3) is 9.03. The molecule has 8 atom stereocenters. The molecule has 0 spiro atoms. The molecular formula is C36H71NO5Si5. The second-order valence-corrected chi connectivity index (χ2v) is 42.8. The van der Waals surface area contributed by atoms with Crippen LogP contribution in [0.3, 0.4) is 0 Å². The monoisotopic (exact) mass is 737 g/mol. The molecule has 3 saturated carbocycles. The molecule has 4 aliphatic carbocycles. The van der Waals surface area contributed by atoms with Crippen LogP contribution < -0.4 is 0 Å². The van der Waals surface area contributed by atoms with Gasteiger partial charge in [0.15, 0.2) is 33.3 Å². The summed E-state index contributed by atoms with van der Waals surface area (Å²) in [5, 5.41) is 4.62. The standard InChI is InChI=1S/C36H71NO5Si5/c1-34-22-20-28(37-42-47(15,16)17)24-27(34)18-19-29-30-21-23-36(41-46(12,13)14,32(40-45(9,10)11)26-38-43(3,4)5)35(30,2)25-31(33(29)34)39-44(6,7)8/h20,22,24,29-33H,18-19,21,23,25-26H2,1-17H3/b37-28+/t29?,30?,31?,32?,33?,34?,35?,36-/m0/s1. The third-order valence-corrected chi connectivity index (χ3v) is 15.4. The Labute approximate surface area is 294 Å². The molecule has 0 amide bonds. The van der Waals surface area contributed by atoms with E-state index in [4.69, 9.17) is 22.2 Å². The lowest BCUT2D eigenvalue weighted by atomic mass is 9.46. The van der Waals surface area contributed by atoms with E-state index >= 15 is 0 Å². The van der Waals surface area contributed by atoms with E-state index in [1.54, 1.807) is 0 Å². The molecule has 0 heterocycles. The smallest absolute Gasteiger partial charge is 0.278 e. The number of allylic oxidation sites excluding steroid dienone is 4. The largest absolute Gasteiger partial charge is 0.455 e. The van der Waals surface area contributed by atoms with Gasteiger partial charge in [0.1, 0.15) is 5.71 Å². The Bertz CT molecular complexity index is 1240. The highest BCUT2D eigenvalue weighted by Crippen LogP contribution is 2.69. The van der Waals surface area contributed by atoms with Gasteiger partial charge in [0.05, 0.1) is 18.3 Å². The van der Waals surface area contributed by atoms with Gasteiger partial charge in [-0.3, -0.25) is 0 Å². The summed E-state index contributed by atoms with van der Waals surface area (Å²) in [5.41, 5.74) is 1.91. The maximum absolute atomic E-state index is 7.67. The molecule has 11 heteroatoms. The predicted molar refractivity (Wildman–Crippen MR) is 212 cm³/mol. The highest BCUT2D eigenvalue weighted by atomic mass is 28.4. The first-order valence-electron chi connectivity index (χ1n) is 18.4. The number of hydrogen-bond acceptors (Lipinski definition) is 6. The van der Waals surface area contributed by atoms with Crippen LogP contribution in [0.25, 0.3) is 0 Å². The van der Waals surface area contributed by atoms with Crippen molar-refractivity contribution >= 4 is 47.3 Å². The van der Waals surface area contributed by atoms with Crippen molar-refractivity contribution in [1.82, 2.24) is 0 Å². The van der Waals surface area contributed by atoms with Gasteiger partial charge in [-0.25, -0.2) is 0 Å². The van der Waals surface area contributed by atoms with Crippen LogP contribution in [-0.2, 0) is 22.2 Å². The molecule has 7 unspecified atom stereocenters. The van der Waals surface area contributed by atoms with Crippen molar-refractivity contribution in [2.24, 2.45) is 33.7 Å². The van der Waals surface area contributed by atoms with E-state index < -0.39 is 47.2 Å². The Morgan fingerprint density at radius 2 is 1.45 bits per heavy atom. The lowest BCUT2D eigenvalue weighted by Gasteiger charge is -2.63. The van der Waals surface area contributed by atoms with Crippen LogP contribution in [0, 0.1) is 28.6 Å². The summed E-state index contributed by atoms with van der Waals surface area (Å²) >= 11 is 0. The van der Waals surface area contributed by atoms with Crippen LogP contribution >= 0.6 is 0 Å². The van der Waals surface area contributed by atoms with Crippen LogP contribution in [0.5, 0.6) is 0 Å². The van der Waals surface area contributed by atoms with Crippen LogP contribution in [-0.4, -0.2) is 71.7 Å². The van der Waals surface area contributed by atoms with Gasteiger partial charge >= 0.3 is 0 Å². The summed E-state index contributed by atoms with van der Waals surface area (Å²) in [6.07, 6.45) is 12.6. The lowest BCUT2D eigenvalue weighted by molar-refractivity contribution is -0.188. The number of rotatable bonds is 12. The van der Waals surface area contributed by atoms with Crippen molar-refractivity contribution in [2.45, 2.75) is 162 Å². The zero-order chi connectivity index (χ0) is 35.6. The molecular weight excluding hydrogens is 667 g/mol. The van der Waals surface area contributed by atoms with Crippen LogP contribution in [0.15, 0.2) is 29.0 Å². The Hall–Kier alpha value is -0.126. The normalized spacial score (nSPS) is 36.4. The van der Waals surface area contributed by atoms with Crippen molar-refractivity contribution in [2.75, 3.05) is 6.61 Å². The van der Waals surface area contributed by atoms with Gasteiger partial charge in [-0.05, 0) is 160 Å². The highest BCUT2D eigenvalue weighted by Gasteiger charge is 2.70. The van der Waals surface area contributed by atoms with Crippen molar-refractivity contribution in [3.63, 3.8) is 0 Å². The van der Waals surface area contributed by atoms with E-state index in [1.165, 1.54) is 18.4 Å². The second kappa shape index (κ2) is 13.1. The zero-order valence-electron chi connectivity index (χ0n) is 33.3. The minimum atomic E-state index is -2.00. The van der Waals surface area contributed by atoms with Gasteiger partial charge in [-0.1, -0.05) is 25.5 Å². The zero-order valence-corrected chi connectivity index (χ0v) is 38.3. The molecule has 0 aromatic carbocycles. The van der Waals surface area contributed by atoms with Gasteiger partial charge in [0.2, 0.25) is 0 Å². The number of fused-ring (bicyclic) bond motifs is 5. The van der Waals surface area contributed by atoms with Crippen molar-refractivity contribution in [1.29, 1.82) is 0 Å². The van der Waals surface area contributed by atoms with Crippen molar-refractivity contribution < 1.29 is 22.2 Å². The summed E-state index contributed by atoms with van der Waals surface area (Å²) in [7, 11) is -9.37. The minimum absolute atomic E-state index is 0.0627. The predicted octanol–water partition coefficient (Wildman–Crippen LogP) is 10.4. The van der Waals surface area contributed by atoms with E-state index in [-0.39, 0.29) is 23.0 Å². The second-order valence-electron chi connectivity index (χ2n) is 20.5. The molecule has 0 N–H and O–H groups in total. The Morgan fingerprint density at radius 3 is 1.98 bits per heavy atom. The Morgan fingerprint density at radius 1 is 0.809 bits per heavy atom. The van der Waals surface area contributed by atoms with Gasteiger partial charge < -0.3 is 22.2 Å². The Kier molecular flexibility index (Phi) is 11.1. The maximum atomic E-state index is 7.67. The summed E-state index contributed by atoms with van der Waals surface area (Å²) in [5.74, 6) is 1.51. The highest BCUT2D eigenvalue weighted by molar-refractivity contribution is 6.71. The summed E-state index contributed by atoms with van der Waals surface area (Å²) in [6, 6.07) is 0. The quantitative estimate of drug-likeness (QED) is 0.147. The first-order valence-corrected chi connectivity index (χ1v) is 35.5. The van der Waals surface area contributed by atoms with Gasteiger partial charge in [0, 0.05) is 16.9 Å². The third-order valence-electron chi connectivity index (χ3n) is 10.8. The van der Waals surface area contributed by atoms with Gasteiger partial charge in [-0.15, -0.1) is 5.16 Å². The molecule has 4 aliphatic rings. The number of oxime groups is 1. The average Bonchev–Trinajstić information content (AvgIpc) is 3.13. The fraction of sp³-hybridized carbons (Fsp3) is 0.861. The van der Waals surface area contributed by atoms with E-state index in [1.807, 2.05) is 0 Å². The summed E-state index contributed by atoms with van der Waals surface area (Å²) in [4.78, 5) is 0. The van der Waals surface area contributed by atoms with E-state index in [0.717, 1.165) is 25.0 Å². The number of nitrogens with zero attached hydrogens (tertiary/aromatic N) is 1. The molecule has 3 fully saturated rings. The molecule has 4 rings (SSSR count).